The maximum Gasteiger partial charge on any atom is 0.317 e. The summed E-state index contributed by atoms with van der Waals surface area (Å²) in [4.78, 5) is 15.7. The van der Waals surface area contributed by atoms with E-state index in [1.54, 1.807) is 0 Å². The van der Waals surface area contributed by atoms with Gasteiger partial charge in [0.2, 0.25) is 0 Å². The number of hydrogen-bond donors (Lipinski definition) is 1. The minimum absolute atomic E-state index is 0.194. The first-order valence-corrected chi connectivity index (χ1v) is 9.76. The maximum absolute atomic E-state index is 11.0. The van der Waals surface area contributed by atoms with Gasteiger partial charge in [0, 0.05) is 12.6 Å². The molecular weight excluding hydrogens is 288 g/mol. The molecule has 4 nitrogen and oxygen atoms in total. The molecule has 2 fully saturated rings. The van der Waals surface area contributed by atoms with E-state index < -0.39 is 5.97 Å². The highest BCUT2D eigenvalue weighted by atomic mass is 16.4. The van der Waals surface area contributed by atoms with Crippen LogP contribution in [-0.2, 0) is 4.79 Å². The van der Waals surface area contributed by atoms with E-state index in [1.807, 2.05) is 0 Å². The number of rotatable bonds is 8. The molecule has 2 rings (SSSR count). The van der Waals surface area contributed by atoms with Crippen LogP contribution >= 0.6 is 0 Å². The summed E-state index contributed by atoms with van der Waals surface area (Å²) >= 11 is 0. The number of nitrogens with zero attached hydrogens (tertiary/aromatic N) is 2. The molecule has 1 heterocycles. The molecule has 1 aliphatic carbocycles. The quantitative estimate of drug-likeness (QED) is 0.742. The molecule has 0 amide bonds. The molecule has 2 aliphatic rings. The van der Waals surface area contributed by atoms with Crippen molar-refractivity contribution in [2.75, 3.05) is 32.7 Å². The summed E-state index contributed by atoms with van der Waals surface area (Å²) < 4.78 is 0. The molecule has 1 saturated heterocycles. The maximum atomic E-state index is 11.0. The molecule has 0 aromatic heterocycles. The van der Waals surface area contributed by atoms with Crippen LogP contribution in [0.25, 0.3) is 0 Å². The van der Waals surface area contributed by atoms with Crippen molar-refractivity contribution in [2.24, 2.45) is 11.8 Å². The average Bonchev–Trinajstić information content (AvgIpc) is 2.54. The van der Waals surface area contributed by atoms with E-state index in [-0.39, 0.29) is 6.54 Å². The van der Waals surface area contributed by atoms with E-state index >= 15 is 0 Å². The Morgan fingerprint density at radius 2 is 1.83 bits per heavy atom. The lowest BCUT2D eigenvalue weighted by atomic mass is 9.83. The van der Waals surface area contributed by atoms with Crippen LogP contribution in [0.2, 0.25) is 0 Å². The topological polar surface area (TPSA) is 43.8 Å². The summed E-state index contributed by atoms with van der Waals surface area (Å²) in [5.74, 6) is 1.08. The third-order valence-electron chi connectivity index (χ3n) is 5.85. The molecule has 23 heavy (non-hydrogen) atoms. The summed E-state index contributed by atoms with van der Waals surface area (Å²) in [7, 11) is 0. The Labute approximate surface area is 142 Å². The lowest BCUT2D eigenvalue weighted by Crippen LogP contribution is -2.47. The van der Waals surface area contributed by atoms with Crippen molar-refractivity contribution in [1.82, 2.24) is 9.80 Å². The van der Waals surface area contributed by atoms with Gasteiger partial charge in [0.25, 0.3) is 0 Å². The molecule has 0 spiro atoms. The number of carboxylic acid groups (broad SMARTS) is 1. The van der Waals surface area contributed by atoms with Gasteiger partial charge in [-0.1, -0.05) is 46.0 Å². The van der Waals surface area contributed by atoms with Crippen LogP contribution in [0, 0.1) is 11.8 Å². The van der Waals surface area contributed by atoms with Crippen molar-refractivity contribution in [2.45, 2.75) is 71.3 Å². The first kappa shape index (κ1) is 18.7. The van der Waals surface area contributed by atoms with Gasteiger partial charge in [-0.15, -0.1) is 0 Å². The second-order valence-electron chi connectivity index (χ2n) is 7.83. The summed E-state index contributed by atoms with van der Waals surface area (Å²) in [5.41, 5.74) is 0. The zero-order valence-corrected chi connectivity index (χ0v) is 15.2. The van der Waals surface area contributed by atoms with Crippen LogP contribution < -0.4 is 0 Å². The van der Waals surface area contributed by atoms with Crippen LogP contribution in [0.1, 0.15) is 65.2 Å². The van der Waals surface area contributed by atoms with Gasteiger partial charge < -0.3 is 10.0 Å². The van der Waals surface area contributed by atoms with Gasteiger partial charge in [0.1, 0.15) is 0 Å². The Hall–Kier alpha value is -0.610. The summed E-state index contributed by atoms with van der Waals surface area (Å²) in [6, 6.07) is 0.459. The van der Waals surface area contributed by atoms with Gasteiger partial charge in [-0.25, -0.2) is 0 Å². The zero-order chi connectivity index (χ0) is 16.7. The highest BCUT2D eigenvalue weighted by molar-refractivity contribution is 5.69. The summed E-state index contributed by atoms with van der Waals surface area (Å²) in [6.07, 6.45) is 10.9. The number of likely N-dealkylation sites (N-methyl/N-ethyl adjacent to an activating group) is 1. The van der Waals surface area contributed by atoms with Crippen LogP contribution in [0.5, 0.6) is 0 Å². The van der Waals surface area contributed by atoms with Crippen LogP contribution in [0.15, 0.2) is 0 Å². The minimum Gasteiger partial charge on any atom is -0.480 e. The van der Waals surface area contributed by atoms with Gasteiger partial charge in [-0.05, 0) is 50.7 Å². The fourth-order valence-corrected chi connectivity index (χ4v) is 4.65. The van der Waals surface area contributed by atoms with Gasteiger partial charge in [0.15, 0.2) is 0 Å². The molecule has 0 bridgehead atoms. The Morgan fingerprint density at radius 1 is 1.17 bits per heavy atom. The number of aliphatic carboxylic acids is 1. The van der Waals surface area contributed by atoms with Gasteiger partial charge in [-0.2, -0.15) is 0 Å². The van der Waals surface area contributed by atoms with Gasteiger partial charge >= 0.3 is 5.97 Å². The van der Waals surface area contributed by atoms with Crippen molar-refractivity contribution in [3.05, 3.63) is 0 Å². The van der Waals surface area contributed by atoms with Crippen molar-refractivity contribution in [1.29, 1.82) is 0 Å². The standard InChI is InChI=1S/C19H36N2O2/c1-3-21(15-19(22)23)18-9-11-20(12-10-18)14-16(2)13-17-7-5-4-6-8-17/h16-18H,3-15H2,1-2H3,(H,22,23). The molecule has 1 aliphatic heterocycles. The molecule has 1 saturated carbocycles. The van der Waals surface area contributed by atoms with Crippen LogP contribution in [0.4, 0.5) is 0 Å². The second-order valence-corrected chi connectivity index (χ2v) is 7.83. The average molecular weight is 325 g/mol. The van der Waals surface area contributed by atoms with Gasteiger partial charge in [0.05, 0.1) is 6.54 Å². The fourth-order valence-electron chi connectivity index (χ4n) is 4.65. The summed E-state index contributed by atoms with van der Waals surface area (Å²) in [6.45, 7) is 9.03. The van der Waals surface area contributed by atoms with E-state index in [4.69, 9.17) is 5.11 Å². The zero-order valence-electron chi connectivity index (χ0n) is 15.2. The number of likely N-dealkylation sites (tertiary alicyclic amines) is 1. The Kier molecular flexibility index (Phi) is 7.84. The Balaban J connectivity index is 1.68. The predicted molar refractivity (Wildman–Crippen MR) is 94.7 cm³/mol. The van der Waals surface area contributed by atoms with E-state index in [1.165, 1.54) is 45.1 Å². The molecule has 0 radical (unpaired) electrons. The molecule has 1 unspecified atom stereocenters. The molecule has 1 N–H and O–H groups in total. The highest BCUT2D eigenvalue weighted by Crippen LogP contribution is 2.29. The Bertz CT molecular complexity index is 347. The SMILES string of the molecule is CCN(CC(=O)O)C1CCN(CC(C)CC2CCCCC2)CC1. The lowest BCUT2D eigenvalue weighted by Gasteiger charge is -2.38. The number of hydrogen-bond acceptors (Lipinski definition) is 3. The number of carbonyl (C=O) groups is 1. The monoisotopic (exact) mass is 324 g/mol. The van der Waals surface area contributed by atoms with E-state index in [2.05, 4.69) is 23.6 Å². The minimum atomic E-state index is -0.699. The van der Waals surface area contributed by atoms with E-state index in [0.29, 0.717) is 6.04 Å². The Morgan fingerprint density at radius 3 is 2.39 bits per heavy atom. The fraction of sp³-hybridized carbons (Fsp3) is 0.947. The van der Waals surface area contributed by atoms with Crippen LogP contribution in [-0.4, -0.2) is 59.6 Å². The van der Waals surface area contributed by atoms with Gasteiger partial charge in [-0.3, -0.25) is 9.69 Å². The third-order valence-corrected chi connectivity index (χ3v) is 5.85. The molecule has 0 aromatic carbocycles. The molecule has 4 heteroatoms. The third kappa shape index (κ3) is 6.42. The van der Waals surface area contributed by atoms with Crippen molar-refractivity contribution < 1.29 is 9.90 Å². The van der Waals surface area contributed by atoms with Crippen molar-refractivity contribution >= 4 is 5.97 Å². The van der Waals surface area contributed by atoms with Crippen LogP contribution in [0.3, 0.4) is 0 Å². The molecular formula is C19H36N2O2. The first-order chi connectivity index (χ1) is 11.1. The second kappa shape index (κ2) is 9.63. The van der Waals surface area contributed by atoms with Crippen molar-refractivity contribution in [3.63, 3.8) is 0 Å². The largest absolute Gasteiger partial charge is 0.480 e. The molecule has 0 aromatic rings. The van der Waals surface area contributed by atoms with E-state index in [0.717, 1.165) is 44.3 Å². The smallest absolute Gasteiger partial charge is 0.317 e. The predicted octanol–water partition coefficient (Wildman–Crippen LogP) is 3.46. The van der Waals surface area contributed by atoms with E-state index in [9.17, 15) is 4.79 Å². The normalized spacial score (nSPS) is 23.3. The highest BCUT2D eigenvalue weighted by Gasteiger charge is 2.26. The molecule has 134 valence electrons. The lowest BCUT2D eigenvalue weighted by molar-refractivity contribution is -0.139. The number of piperidine rings is 1. The molecule has 1 atom stereocenters. The summed E-state index contributed by atoms with van der Waals surface area (Å²) in [5, 5.41) is 9.02. The van der Waals surface area contributed by atoms with Crippen molar-refractivity contribution in [3.8, 4) is 0 Å². The first-order valence-electron chi connectivity index (χ1n) is 9.76. The number of carboxylic acids is 1.